The van der Waals surface area contributed by atoms with Gasteiger partial charge in [0.25, 0.3) is 0 Å². The molecule has 3 atom stereocenters. The second-order valence-electron chi connectivity index (χ2n) is 5.63. The number of rotatable bonds is 3. The van der Waals surface area contributed by atoms with Crippen LogP contribution in [0.3, 0.4) is 0 Å². The largest absolute Gasteiger partial charge is 0.310 e. The SMILES string of the molecule is CC1CCC(NCc2ccc(Br)c(Cl)c2)C(C)C1. The average molecular weight is 331 g/mol. The lowest BCUT2D eigenvalue weighted by Crippen LogP contribution is -2.38. The Morgan fingerprint density at radius 2 is 2.11 bits per heavy atom. The summed E-state index contributed by atoms with van der Waals surface area (Å²) in [6, 6.07) is 6.84. The van der Waals surface area contributed by atoms with E-state index >= 15 is 0 Å². The van der Waals surface area contributed by atoms with Crippen molar-refractivity contribution in [2.45, 2.75) is 45.7 Å². The van der Waals surface area contributed by atoms with Crippen molar-refractivity contribution >= 4 is 27.5 Å². The van der Waals surface area contributed by atoms with Crippen LogP contribution < -0.4 is 5.32 Å². The molecule has 18 heavy (non-hydrogen) atoms. The van der Waals surface area contributed by atoms with Crippen LogP contribution in [0.25, 0.3) is 0 Å². The van der Waals surface area contributed by atoms with Crippen molar-refractivity contribution in [3.63, 3.8) is 0 Å². The van der Waals surface area contributed by atoms with E-state index in [-0.39, 0.29) is 0 Å². The van der Waals surface area contributed by atoms with Gasteiger partial charge in [-0.25, -0.2) is 0 Å². The molecular weight excluding hydrogens is 310 g/mol. The monoisotopic (exact) mass is 329 g/mol. The summed E-state index contributed by atoms with van der Waals surface area (Å²) in [5, 5.41) is 4.47. The van der Waals surface area contributed by atoms with Gasteiger partial charge in [0.1, 0.15) is 0 Å². The van der Waals surface area contributed by atoms with E-state index in [1.165, 1.54) is 24.8 Å². The van der Waals surface area contributed by atoms with Gasteiger partial charge in [-0.2, -0.15) is 0 Å². The Labute approximate surface area is 123 Å². The van der Waals surface area contributed by atoms with Crippen LogP contribution in [-0.2, 0) is 6.54 Å². The number of halogens is 2. The highest BCUT2D eigenvalue weighted by Gasteiger charge is 2.24. The molecule has 0 bridgehead atoms. The third-order valence-corrected chi connectivity index (χ3v) is 5.22. The molecule has 1 nitrogen and oxygen atoms in total. The highest BCUT2D eigenvalue weighted by atomic mass is 79.9. The van der Waals surface area contributed by atoms with Gasteiger partial charge in [0.2, 0.25) is 0 Å². The summed E-state index contributed by atoms with van der Waals surface area (Å²) < 4.78 is 0.966. The van der Waals surface area contributed by atoms with Gasteiger partial charge in [-0.1, -0.05) is 31.5 Å². The number of hydrogen-bond donors (Lipinski definition) is 1. The Hall–Kier alpha value is -0.0500. The second-order valence-corrected chi connectivity index (χ2v) is 6.89. The summed E-state index contributed by atoms with van der Waals surface area (Å²) in [5.41, 5.74) is 1.26. The Bertz CT molecular complexity index is 407. The summed E-state index contributed by atoms with van der Waals surface area (Å²) >= 11 is 9.53. The molecule has 0 amide bonds. The van der Waals surface area contributed by atoms with E-state index in [1.54, 1.807) is 0 Å². The number of nitrogens with one attached hydrogen (secondary N) is 1. The Kier molecular flexibility index (Phi) is 5.11. The molecule has 0 heterocycles. The first-order valence-electron chi connectivity index (χ1n) is 6.73. The Morgan fingerprint density at radius 1 is 1.33 bits per heavy atom. The molecule has 0 radical (unpaired) electrons. The van der Waals surface area contributed by atoms with Crippen molar-refractivity contribution in [3.05, 3.63) is 33.3 Å². The van der Waals surface area contributed by atoms with Gasteiger partial charge in [-0.05, 0) is 64.7 Å². The fraction of sp³-hybridized carbons (Fsp3) is 0.600. The van der Waals surface area contributed by atoms with E-state index in [0.717, 1.165) is 27.9 Å². The van der Waals surface area contributed by atoms with E-state index in [2.05, 4.69) is 41.2 Å². The lowest BCUT2D eigenvalue weighted by molar-refractivity contribution is 0.227. The molecule has 2 rings (SSSR count). The molecule has 1 aromatic carbocycles. The van der Waals surface area contributed by atoms with Crippen molar-refractivity contribution in [1.82, 2.24) is 5.32 Å². The molecular formula is C15H21BrClN. The van der Waals surface area contributed by atoms with Crippen LogP contribution >= 0.6 is 27.5 Å². The van der Waals surface area contributed by atoms with Crippen LogP contribution in [0.2, 0.25) is 5.02 Å². The van der Waals surface area contributed by atoms with Crippen molar-refractivity contribution in [2.24, 2.45) is 11.8 Å². The van der Waals surface area contributed by atoms with E-state index in [0.29, 0.717) is 6.04 Å². The second kappa shape index (κ2) is 6.40. The van der Waals surface area contributed by atoms with Gasteiger partial charge < -0.3 is 5.32 Å². The van der Waals surface area contributed by atoms with E-state index in [4.69, 9.17) is 11.6 Å². The van der Waals surface area contributed by atoms with Gasteiger partial charge in [-0.3, -0.25) is 0 Å². The molecule has 1 N–H and O–H groups in total. The maximum atomic E-state index is 6.11. The minimum Gasteiger partial charge on any atom is -0.310 e. The van der Waals surface area contributed by atoms with Gasteiger partial charge in [0.15, 0.2) is 0 Å². The molecule has 1 aliphatic carbocycles. The summed E-state index contributed by atoms with van der Waals surface area (Å²) in [4.78, 5) is 0. The fourth-order valence-corrected chi connectivity index (χ4v) is 3.32. The van der Waals surface area contributed by atoms with Crippen LogP contribution in [0.15, 0.2) is 22.7 Å². The molecule has 3 heteroatoms. The number of hydrogen-bond acceptors (Lipinski definition) is 1. The zero-order chi connectivity index (χ0) is 13.1. The standard InChI is InChI=1S/C15H21BrClN/c1-10-3-6-15(11(2)7-10)18-9-12-4-5-13(16)14(17)8-12/h4-5,8,10-11,15,18H,3,6-7,9H2,1-2H3. The summed E-state index contributed by atoms with van der Waals surface area (Å²) in [6.07, 6.45) is 3.99. The summed E-state index contributed by atoms with van der Waals surface area (Å²) in [5.74, 6) is 1.67. The molecule has 100 valence electrons. The topological polar surface area (TPSA) is 12.0 Å². The summed E-state index contributed by atoms with van der Waals surface area (Å²) in [7, 11) is 0. The van der Waals surface area contributed by atoms with Crippen molar-refractivity contribution < 1.29 is 0 Å². The highest BCUT2D eigenvalue weighted by Crippen LogP contribution is 2.29. The van der Waals surface area contributed by atoms with Gasteiger partial charge in [0, 0.05) is 17.1 Å². The zero-order valence-electron chi connectivity index (χ0n) is 11.0. The maximum Gasteiger partial charge on any atom is 0.0551 e. The van der Waals surface area contributed by atoms with Crippen molar-refractivity contribution in [3.8, 4) is 0 Å². The van der Waals surface area contributed by atoms with E-state index in [9.17, 15) is 0 Å². The third kappa shape index (κ3) is 3.72. The molecule has 0 aliphatic heterocycles. The molecule has 1 aromatic rings. The first kappa shape index (κ1) is 14.4. The van der Waals surface area contributed by atoms with Crippen LogP contribution in [0.4, 0.5) is 0 Å². The highest BCUT2D eigenvalue weighted by molar-refractivity contribution is 9.10. The van der Waals surface area contributed by atoms with Crippen LogP contribution in [-0.4, -0.2) is 6.04 Å². The van der Waals surface area contributed by atoms with Crippen LogP contribution in [0.1, 0.15) is 38.7 Å². The maximum absolute atomic E-state index is 6.11. The minimum atomic E-state index is 0.656. The molecule has 1 fully saturated rings. The quantitative estimate of drug-likeness (QED) is 0.821. The minimum absolute atomic E-state index is 0.656. The average Bonchev–Trinajstić information content (AvgIpc) is 2.32. The van der Waals surface area contributed by atoms with Crippen molar-refractivity contribution in [1.29, 1.82) is 0 Å². The zero-order valence-corrected chi connectivity index (χ0v) is 13.4. The fourth-order valence-electron chi connectivity index (χ4n) is 2.87. The molecule has 0 spiro atoms. The third-order valence-electron chi connectivity index (χ3n) is 3.98. The predicted molar refractivity (Wildman–Crippen MR) is 82.0 cm³/mol. The molecule has 0 aromatic heterocycles. The van der Waals surface area contributed by atoms with Gasteiger partial charge in [0.05, 0.1) is 5.02 Å². The lowest BCUT2D eigenvalue weighted by atomic mass is 9.80. The molecule has 1 saturated carbocycles. The van der Waals surface area contributed by atoms with Gasteiger partial charge >= 0.3 is 0 Å². The lowest BCUT2D eigenvalue weighted by Gasteiger charge is -2.33. The molecule has 0 saturated heterocycles. The number of benzene rings is 1. The predicted octanol–water partition coefficient (Wildman–Crippen LogP) is 5.02. The Balaban J connectivity index is 1.89. The Morgan fingerprint density at radius 3 is 2.78 bits per heavy atom. The molecule has 1 aliphatic rings. The first-order valence-corrected chi connectivity index (χ1v) is 7.90. The molecule has 3 unspecified atom stereocenters. The van der Waals surface area contributed by atoms with Gasteiger partial charge in [-0.15, -0.1) is 0 Å². The first-order chi connectivity index (χ1) is 8.56. The van der Waals surface area contributed by atoms with Crippen molar-refractivity contribution in [2.75, 3.05) is 0 Å². The van der Waals surface area contributed by atoms with Crippen LogP contribution in [0.5, 0.6) is 0 Å². The smallest absolute Gasteiger partial charge is 0.0551 e. The normalized spacial score (nSPS) is 28.3. The summed E-state index contributed by atoms with van der Waals surface area (Å²) in [6.45, 7) is 5.64. The van der Waals surface area contributed by atoms with Crippen LogP contribution in [0, 0.1) is 11.8 Å². The van der Waals surface area contributed by atoms with E-state index < -0.39 is 0 Å². The van der Waals surface area contributed by atoms with E-state index in [1.807, 2.05) is 12.1 Å².